The summed E-state index contributed by atoms with van der Waals surface area (Å²) in [5.74, 6) is 0.236. The van der Waals surface area contributed by atoms with Crippen molar-refractivity contribution in [2.24, 2.45) is 11.1 Å². The number of hydrogen-bond acceptors (Lipinski definition) is 3. The number of amides is 1. The number of carbonyl (C=O) groups is 1. The molecule has 2 N–H and O–H groups in total. The van der Waals surface area contributed by atoms with Crippen molar-refractivity contribution in [2.75, 3.05) is 26.8 Å². The van der Waals surface area contributed by atoms with E-state index >= 15 is 0 Å². The Hall–Kier alpha value is -0.870. The van der Waals surface area contributed by atoms with Crippen LogP contribution in [0.2, 0.25) is 0 Å². The van der Waals surface area contributed by atoms with Crippen LogP contribution in [-0.2, 0) is 9.53 Å². The van der Waals surface area contributed by atoms with Crippen molar-refractivity contribution in [1.29, 1.82) is 0 Å². The molecule has 2 atom stereocenters. The molecule has 0 aromatic carbocycles. The van der Waals surface area contributed by atoms with Crippen molar-refractivity contribution < 1.29 is 9.53 Å². The third kappa shape index (κ3) is 2.45. The number of nitrogens with two attached hydrogens (primary N) is 1. The number of hydrogen-bond donors (Lipinski definition) is 1. The average molecular weight is 252 g/mol. The summed E-state index contributed by atoms with van der Waals surface area (Å²) in [6.45, 7) is 4.22. The van der Waals surface area contributed by atoms with E-state index in [2.05, 4.69) is 6.08 Å². The van der Waals surface area contributed by atoms with Gasteiger partial charge in [-0.15, -0.1) is 0 Å². The average Bonchev–Trinajstić information content (AvgIpc) is 2.71. The summed E-state index contributed by atoms with van der Waals surface area (Å²) in [5, 5.41) is 0. The molecule has 0 aromatic heterocycles. The molecule has 1 aliphatic carbocycles. The summed E-state index contributed by atoms with van der Waals surface area (Å²) >= 11 is 0. The van der Waals surface area contributed by atoms with Crippen LogP contribution in [0.15, 0.2) is 11.6 Å². The summed E-state index contributed by atoms with van der Waals surface area (Å²) in [6.07, 6.45) is 6.01. The van der Waals surface area contributed by atoms with Gasteiger partial charge in [0, 0.05) is 26.2 Å². The number of methoxy groups -OCH3 is 1. The molecule has 0 spiro atoms. The summed E-state index contributed by atoms with van der Waals surface area (Å²) in [5.41, 5.74) is 7.07. The Morgan fingerprint density at radius 3 is 2.94 bits per heavy atom. The third-order valence-electron chi connectivity index (χ3n) is 4.44. The van der Waals surface area contributed by atoms with Gasteiger partial charge in [-0.3, -0.25) is 4.79 Å². The molecule has 0 radical (unpaired) electrons. The van der Waals surface area contributed by atoms with Crippen LogP contribution < -0.4 is 5.73 Å². The minimum Gasteiger partial charge on any atom is -0.380 e. The normalized spacial score (nSPS) is 32.5. The Labute approximate surface area is 109 Å². The Morgan fingerprint density at radius 1 is 1.67 bits per heavy atom. The van der Waals surface area contributed by atoms with Crippen LogP contribution in [0.25, 0.3) is 0 Å². The molecule has 18 heavy (non-hydrogen) atoms. The Balaban J connectivity index is 1.99. The van der Waals surface area contributed by atoms with Gasteiger partial charge in [0.25, 0.3) is 0 Å². The zero-order valence-corrected chi connectivity index (χ0v) is 11.4. The molecule has 2 rings (SSSR count). The van der Waals surface area contributed by atoms with Gasteiger partial charge in [0.2, 0.25) is 5.91 Å². The molecule has 1 fully saturated rings. The lowest BCUT2D eigenvalue weighted by atomic mass is 9.83. The lowest BCUT2D eigenvalue weighted by Gasteiger charge is -2.36. The molecule has 102 valence electrons. The number of rotatable bonds is 3. The number of nitrogens with zero attached hydrogens (tertiary/aromatic N) is 1. The number of ether oxygens (including phenoxy) is 1. The molecular formula is C14H24N2O2. The first kappa shape index (κ1) is 13.6. The van der Waals surface area contributed by atoms with Gasteiger partial charge >= 0.3 is 0 Å². The molecule has 0 aromatic rings. The van der Waals surface area contributed by atoms with Gasteiger partial charge in [-0.1, -0.05) is 12.5 Å². The zero-order chi connectivity index (χ0) is 13.2. The second kappa shape index (κ2) is 5.41. The first-order valence-corrected chi connectivity index (χ1v) is 6.79. The van der Waals surface area contributed by atoms with Gasteiger partial charge < -0.3 is 15.4 Å². The highest BCUT2D eigenvalue weighted by molar-refractivity contribution is 5.84. The van der Waals surface area contributed by atoms with Crippen molar-refractivity contribution in [3.63, 3.8) is 0 Å². The molecule has 2 unspecified atom stereocenters. The van der Waals surface area contributed by atoms with Gasteiger partial charge in [-0.05, 0) is 31.8 Å². The van der Waals surface area contributed by atoms with Crippen molar-refractivity contribution >= 4 is 5.91 Å². The quantitative estimate of drug-likeness (QED) is 0.770. The van der Waals surface area contributed by atoms with Gasteiger partial charge in [-0.2, -0.15) is 0 Å². The topological polar surface area (TPSA) is 55.6 Å². The van der Waals surface area contributed by atoms with Crippen LogP contribution in [-0.4, -0.2) is 43.7 Å². The molecule has 0 bridgehead atoms. The van der Waals surface area contributed by atoms with Crippen LogP contribution in [0.5, 0.6) is 0 Å². The van der Waals surface area contributed by atoms with Crippen molar-refractivity contribution in [1.82, 2.24) is 4.90 Å². The Kier molecular flexibility index (Phi) is 4.07. The van der Waals surface area contributed by atoms with E-state index in [-0.39, 0.29) is 17.4 Å². The highest BCUT2D eigenvalue weighted by Gasteiger charge is 2.45. The van der Waals surface area contributed by atoms with Crippen LogP contribution >= 0.6 is 0 Å². The minimum atomic E-state index is -0.341. The fraction of sp³-hybridized carbons (Fsp3) is 0.786. The van der Waals surface area contributed by atoms with Gasteiger partial charge in [0.15, 0.2) is 0 Å². The molecule has 1 heterocycles. The smallest absolute Gasteiger partial charge is 0.230 e. The molecular weight excluding hydrogens is 228 g/mol. The second-order valence-corrected chi connectivity index (χ2v) is 5.71. The first-order chi connectivity index (χ1) is 8.58. The van der Waals surface area contributed by atoms with E-state index in [0.29, 0.717) is 13.2 Å². The minimum absolute atomic E-state index is 0.0225. The largest absolute Gasteiger partial charge is 0.380 e. The fourth-order valence-electron chi connectivity index (χ4n) is 3.03. The lowest BCUT2D eigenvalue weighted by molar-refractivity contribution is -0.141. The van der Waals surface area contributed by atoms with Gasteiger partial charge in [-0.25, -0.2) is 0 Å². The maximum Gasteiger partial charge on any atom is 0.230 e. The van der Waals surface area contributed by atoms with E-state index in [1.165, 1.54) is 5.57 Å². The Bertz CT molecular complexity index is 354. The van der Waals surface area contributed by atoms with E-state index in [1.807, 2.05) is 11.8 Å². The monoisotopic (exact) mass is 252 g/mol. The fourth-order valence-corrected chi connectivity index (χ4v) is 3.03. The highest BCUT2D eigenvalue weighted by atomic mass is 16.5. The summed E-state index contributed by atoms with van der Waals surface area (Å²) in [7, 11) is 1.71. The van der Waals surface area contributed by atoms with E-state index in [4.69, 9.17) is 10.5 Å². The van der Waals surface area contributed by atoms with E-state index in [1.54, 1.807) is 7.11 Å². The molecule has 4 heteroatoms. The molecule has 1 saturated carbocycles. The molecule has 4 nitrogen and oxygen atoms in total. The van der Waals surface area contributed by atoms with Crippen molar-refractivity contribution in [2.45, 2.75) is 38.6 Å². The maximum atomic E-state index is 12.6. The van der Waals surface area contributed by atoms with E-state index < -0.39 is 0 Å². The molecule has 1 amide bonds. The van der Waals surface area contributed by atoms with Crippen molar-refractivity contribution in [3.05, 3.63) is 11.6 Å². The zero-order valence-electron chi connectivity index (χ0n) is 11.4. The first-order valence-electron chi connectivity index (χ1n) is 6.79. The van der Waals surface area contributed by atoms with Crippen LogP contribution in [0, 0.1) is 5.41 Å². The highest BCUT2D eigenvalue weighted by Crippen LogP contribution is 2.38. The summed E-state index contributed by atoms with van der Waals surface area (Å²) < 4.78 is 5.12. The molecule has 2 aliphatic rings. The van der Waals surface area contributed by atoms with Gasteiger partial charge in [0.05, 0.1) is 12.0 Å². The SMILES string of the molecule is COCC1=CCN(C(=O)C2(C)CCCC2N)CC1. The van der Waals surface area contributed by atoms with Crippen LogP contribution in [0.4, 0.5) is 0 Å². The predicted octanol–water partition coefficient (Wildman–Crippen LogP) is 1.31. The summed E-state index contributed by atoms with van der Waals surface area (Å²) in [6, 6.07) is 0.0225. The third-order valence-corrected chi connectivity index (χ3v) is 4.44. The van der Waals surface area contributed by atoms with Crippen LogP contribution in [0.3, 0.4) is 0 Å². The lowest BCUT2D eigenvalue weighted by Crippen LogP contribution is -2.50. The maximum absolute atomic E-state index is 12.6. The summed E-state index contributed by atoms with van der Waals surface area (Å²) in [4.78, 5) is 14.5. The molecule has 1 aliphatic heterocycles. The van der Waals surface area contributed by atoms with Gasteiger partial charge in [0.1, 0.15) is 0 Å². The van der Waals surface area contributed by atoms with Crippen molar-refractivity contribution in [3.8, 4) is 0 Å². The van der Waals surface area contributed by atoms with E-state index in [0.717, 1.165) is 32.2 Å². The van der Waals surface area contributed by atoms with Crippen LogP contribution in [0.1, 0.15) is 32.6 Å². The second-order valence-electron chi connectivity index (χ2n) is 5.71. The predicted molar refractivity (Wildman–Crippen MR) is 71.1 cm³/mol. The van der Waals surface area contributed by atoms with E-state index in [9.17, 15) is 4.79 Å². The Morgan fingerprint density at radius 2 is 2.44 bits per heavy atom. The molecule has 0 saturated heterocycles. The standard InChI is InChI=1S/C14H24N2O2/c1-14(7-3-4-12(14)15)13(17)16-8-5-11(6-9-16)10-18-2/h5,12H,3-4,6-10,15H2,1-2H3. The number of carbonyl (C=O) groups excluding carboxylic acids is 1.